The van der Waals surface area contributed by atoms with Gasteiger partial charge < -0.3 is 9.26 Å². The molecule has 0 aromatic rings. The summed E-state index contributed by atoms with van der Waals surface area (Å²) >= 11 is 0. The highest BCUT2D eigenvalue weighted by molar-refractivity contribution is 7.57. The molecule has 96 valence electrons. The third-order valence-corrected chi connectivity index (χ3v) is 3.12. The molecule has 0 spiro atoms. The van der Waals surface area contributed by atoms with Crippen LogP contribution in [0.25, 0.3) is 0 Å². The van der Waals surface area contributed by atoms with Crippen molar-refractivity contribution in [1.82, 2.24) is 0 Å². The summed E-state index contributed by atoms with van der Waals surface area (Å²) in [6.45, 7) is 11.9. The van der Waals surface area contributed by atoms with E-state index in [1.54, 1.807) is 34.6 Å². The Morgan fingerprint density at radius 1 is 1.19 bits per heavy atom. The second kappa shape index (κ2) is 5.33. The average Bonchev–Trinajstić information content (AvgIpc) is 1.99. The minimum Gasteiger partial charge on any atom is -0.462 e. The maximum atomic E-state index is 11.8. The predicted molar refractivity (Wildman–Crippen MR) is 65.0 cm³/mol. The quantitative estimate of drug-likeness (QED) is 0.556. The van der Waals surface area contributed by atoms with Gasteiger partial charge in [0.25, 0.3) is 0 Å². The minimum atomic E-state index is -2.60. The lowest BCUT2D eigenvalue weighted by Crippen LogP contribution is -2.39. The number of carbonyl (C=O) groups excluding carboxylic acids is 1. The predicted octanol–water partition coefficient (Wildman–Crippen LogP) is 2.91. The third kappa shape index (κ3) is 5.13. The standard InChI is InChI=1S/C11H23O4P/c1-8(2)14-10(12)11(4,5)9(3)15-16(6,7)13/h8-9H,1-7H3. The van der Waals surface area contributed by atoms with E-state index in [9.17, 15) is 9.36 Å². The van der Waals surface area contributed by atoms with Gasteiger partial charge in [-0.3, -0.25) is 9.36 Å². The molecule has 5 heteroatoms. The Labute approximate surface area is 98.2 Å². The van der Waals surface area contributed by atoms with Gasteiger partial charge in [0.05, 0.1) is 17.6 Å². The van der Waals surface area contributed by atoms with E-state index in [1.165, 1.54) is 13.3 Å². The first-order valence-electron chi connectivity index (χ1n) is 5.41. The lowest BCUT2D eigenvalue weighted by atomic mass is 9.88. The summed E-state index contributed by atoms with van der Waals surface area (Å²) in [4.78, 5) is 11.8. The van der Waals surface area contributed by atoms with Gasteiger partial charge in [-0.25, -0.2) is 0 Å². The fraction of sp³-hybridized carbons (Fsp3) is 0.909. The van der Waals surface area contributed by atoms with Crippen LogP contribution in [-0.4, -0.2) is 31.5 Å². The molecule has 0 aliphatic rings. The zero-order valence-corrected chi connectivity index (χ0v) is 12.1. The van der Waals surface area contributed by atoms with Crippen molar-refractivity contribution in [1.29, 1.82) is 0 Å². The monoisotopic (exact) mass is 250 g/mol. The lowest BCUT2D eigenvalue weighted by molar-refractivity contribution is -0.162. The van der Waals surface area contributed by atoms with Crippen LogP contribution in [0.1, 0.15) is 34.6 Å². The molecule has 0 aliphatic carbocycles. The number of esters is 1. The molecule has 0 aliphatic heterocycles. The summed E-state index contributed by atoms with van der Waals surface area (Å²) < 4.78 is 22.0. The van der Waals surface area contributed by atoms with Crippen molar-refractivity contribution in [3.8, 4) is 0 Å². The van der Waals surface area contributed by atoms with Crippen LogP contribution in [0.5, 0.6) is 0 Å². The molecule has 1 unspecified atom stereocenters. The number of rotatable bonds is 5. The van der Waals surface area contributed by atoms with Gasteiger partial charge in [0.1, 0.15) is 0 Å². The average molecular weight is 250 g/mol. The largest absolute Gasteiger partial charge is 0.462 e. The Balaban J connectivity index is 4.64. The Bertz CT molecular complexity index is 290. The molecule has 0 aromatic heterocycles. The van der Waals surface area contributed by atoms with Crippen LogP contribution in [0.15, 0.2) is 0 Å². The highest BCUT2D eigenvalue weighted by Crippen LogP contribution is 2.43. The molecular weight excluding hydrogens is 227 g/mol. The second-order valence-corrected chi connectivity index (χ2v) is 7.89. The number of hydrogen-bond acceptors (Lipinski definition) is 4. The van der Waals surface area contributed by atoms with E-state index < -0.39 is 18.9 Å². The van der Waals surface area contributed by atoms with Crippen LogP contribution in [0.2, 0.25) is 0 Å². The minimum absolute atomic E-state index is 0.158. The van der Waals surface area contributed by atoms with Gasteiger partial charge in [-0.1, -0.05) is 0 Å². The van der Waals surface area contributed by atoms with E-state index in [1.807, 2.05) is 0 Å². The van der Waals surface area contributed by atoms with Gasteiger partial charge in [0, 0.05) is 13.3 Å². The van der Waals surface area contributed by atoms with Crippen molar-refractivity contribution >= 4 is 13.3 Å². The maximum absolute atomic E-state index is 11.8. The Morgan fingerprint density at radius 2 is 1.62 bits per heavy atom. The molecule has 16 heavy (non-hydrogen) atoms. The summed E-state index contributed by atoms with van der Waals surface area (Å²) in [6.07, 6.45) is -0.603. The van der Waals surface area contributed by atoms with Crippen molar-refractivity contribution in [2.75, 3.05) is 13.3 Å². The summed E-state index contributed by atoms with van der Waals surface area (Å²) in [5.41, 5.74) is -0.800. The topological polar surface area (TPSA) is 52.6 Å². The highest BCUT2D eigenvalue weighted by Gasteiger charge is 2.38. The van der Waals surface area contributed by atoms with Gasteiger partial charge >= 0.3 is 5.97 Å². The van der Waals surface area contributed by atoms with Crippen LogP contribution < -0.4 is 0 Å². The smallest absolute Gasteiger partial charge is 0.314 e. The molecular formula is C11H23O4P. The molecule has 0 bridgehead atoms. The summed E-state index contributed by atoms with van der Waals surface area (Å²) in [6, 6.07) is 0. The number of carbonyl (C=O) groups is 1. The highest BCUT2D eigenvalue weighted by atomic mass is 31.2. The van der Waals surface area contributed by atoms with Crippen molar-refractivity contribution < 1.29 is 18.6 Å². The fourth-order valence-electron chi connectivity index (χ4n) is 1.04. The second-order valence-electron chi connectivity index (χ2n) is 5.18. The van der Waals surface area contributed by atoms with E-state index >= 15 is 0 Å². The van der Waals surface area contributed by atoms with Crippen molar-refractivity contribution in [2.24, 2.45) is 5.41 Å². The lowest BCUT2D eigenvalue weighted by Gasteiger charge is -2.31. The van der Waals surface area contributed by atoms with Crippen LogP contribution >= 0.6 is 7.37 Å². The maximum Gasteiger partial charge on any atom is 0.314 e. The zero-order valence-electron chi connectivity index (χ0n) is 11.2. The molecule has 0 N–H and O–H groups in total. The van der Waals surface area contributed by atoms with E-state index in [0.717, 1.165) is 0 Å². The molecule has 0 radical (unpaired) electrons. The third-order valence-electron chi connectivity index (χ3n) is 2.30. The van der Waals surface area contributed by atoms with Gasteiger partial charge in [0.2, 0.25) is 0 Å². The van der Waals surface area contributed by atoms with Gasteiger partial charge in [-0.15, -0.1) is 0 Å². The molecule has 0 heterocycles. The van der Waals surface area contributed by atoms with E-state index in [-0.39, 0.29) is 12.1 Å². The van der Waals surface area contributed by atoms with Crippen molar-refractivity contribution in [3.05, 3.63) is 0 Å². The van der Waals surface area contributed by atoms with Crippen LogP contribution in [0.4, 0.5) is 0 Å². The van der Waals surface area contributed by atoms with E-state index in [0.29, 0.717) is 0 Å². The van der Waals surface area contributed by atoms with Gasteiger partial charge in [0.15, 0.2) is 7.37 Å². The van der Waals surface area contributed by atoms with E-state index in [2.05, 4.69) is 0 Å². The molecule has 1 atom stereocenters. The molecule has 0 rings (SSSR count). The van der Waals surface area contributed by atoms with E-state index in [4.69, 9.17) is 9.26 Å². The van der Waals surface area contributed by atoms with Crippen LogP contribution in [0, 0.1) is 5.41 Å². The Kier molecular flexibility index (Phi) is 5.21. The summed E-state index contributed by atoms with van der Waals surface area (Å²) in [5, 5.41) is 0. The first-order valence-corrected chi connectivity index (χ1v) is 7.93. The molecule has 0 saturated carbocycles. The molecule has 4 nitrogen and oxygen atoms in total. The van der Waals surface area contributed by atoms with Gasteiger partial charge in [-0.05, 0) is 34.6 Å². The number of hydrogen-bond donors (Lipinski definition) is 0. The van der Waals surface area contributed by atoms with Gasteiger partial charge in [-0.2, -0.15) is 0 Å². The fourth-order valence-corrected chi connectivity index (χ4v) is 2.07. The van der Waals surface area contributed by atoms with Crippen molar-refractivity contribution in [3.63, 3.8) is 0 Å². The first kappa shape index (κ1) is 15.7. The molecule has 0 fully saturated rings. The first-order chi connectivity index (χ1) is 6.97. The molecule has 0 saturated heterocycles. The Hall–Kier alpha value is -0.340. The van der Waals surface area contributed by atoms with Crippen molar-refractivity contribution in [2.45, 2.75) is 46.8 Å². The summed E-state index contributed by atoms with van der Waals surface area (Å²) in [7, 11) is -2.60. The summed E-state index contributed by atoms with van der Waals surface area (Å²) in [5.74, 6) is -0.330. The molecule has 0 aromatic carbocycles. The SMILES string of the molecule is CC(C)OC(=O)C(C)(C)C(C)OP(C)(C)=O. The van der Waals surface area contributed by atoms with Crippen LogP contribution in [0.3, 0.4) is 0 Å². The van der Waals surface area contributed by atoms with Crippen LogP contribution in [-0.2, 0) is 18.6 Å². The zero-order chi connectivity index (χ0) is 13.1. The normalized spacial score (nSPS) is 15.0. The molecule has 0 amide bonds. The number of ether oxygens (including phenoxy) is 1. The Morgan fingerprint density at radius 3 is 1.94 bits per heavy atom.